The van der Waals surface area contributed by atoms with Gasteiger partial charge in [-0.1, -0.05) is 31.2 Å². The van der Waals surface area contributed by atoms with Gasteiger partial charge in [-0.25, -0.2) is 14.8 Å². The lowest BCUT2D eigenvalue weighted by atomic mass is 10.1. The van der Waals surface area contributed by atoms with E-state index in [9.17, 15) is 9.90 Å². The Hall–Kier alpha value is -4.00. The van der Waals surface area contributed by atoms with Crippen LogP contribution in [0.25, 0.3) is 33.3 Å². The van der Waals surface area contributed by atoms with Gasteiger partial charge in [0.1, 0.15) is 34.6 Å². The third-order valence-electron chi connectivity index (χ3n) is 7.91. The van der Waals surface area contributed by atoms with Crippen molar-refractivity contribution in [2.24, 2.45) is 0 Å². The van der Waals surface area contributed by atoms with Gasteiger partial charge in [-0.05, 0) is 50.1 Å². The van der Waals surface area contributed by atoms with Crippen molar-refractivity contribution in [2.75, 3.05) is 19.7 Å². The number of hydrogen-bond acceptors (Lipinski definition) is 7. The van der Waals surface area contributed by atoms with Crippen LogP contribution in [0, 0.1) is 6.92 Å². The summed E-state index contributed by atoms with van der Waals surface area (Å²) in [5, 5.41) is 14.3. The van der Waals surface area contributed by atoms with Gasteiger partial charge in [0.2, 0.25) is 0 Å². The Bertz CT molecular complexity index is 1830. The predicted molar refractivity (Wildman–Crippen MR) is 172 cm³/mol. The molecule has 1 saturated heterocycles. The summed E-state index contributed by atoms with van der Waals surface area (Å²) in [7, 11) is -1.17. The number of hydrogen-bond donors (Lipinski definition) is 1. The van der Waals surface area contributed by atoms with Gasteiger partial charge in [0.25, 0.3) is 0 Å². The molecule has 6 rings (SSSR count). The first-order valence-electron chi connectivity index (χ1n) is 14.8. The molecule has 1 amide bonds. The second-order valence-electron chi connectivity index (χ2n) is 12.4. The Labute approximate surface area is 261 Å². The van der Waals surface area contributed by atoms with E-state index < -0.39 is 14.2 Å². The predicted octanol–water partition coefficient (Wildman–Crippen LogP) is 7.22. The van der Waals surface area contributed by atoms with Gasteiger partial charge in [-0.3, -0.25) is 9.67 Å². The lowest BCUT2D eigenvalue weighted by Crippen LogP contribution is -2.39. The Morgan fingerprint density at radius 1 is 1.14 bits per heavy atom. The monoisotopic (exact) mass is 633 g/mol. The molecule has 1 atom stereocenters. The normalized spacial score (nSPS) is 15.8. The summed E-state index contributed by atoms with van der Waals surface area (Å²) < 4.78 is 16.2. The Kier molecular flexibility index (Phi) is 8.31. The zero-order valence-electron chi connectivity index (χ0n) is 25.3. The summed E-state index contributed by atoms with van der Waals surface area (Å²) in [6.07, 6.45) is 6.04. The highest BCUT2D eigenvalue weighted by molar-refractivity contribution is 6.76. The van der Waals surface area contributed by atoms with E-state index in [1.807, 2.05) is 42.1 Å². The van der Waals surface area contributed by atoms with Crippen molar-refractivity contribution >= 4 is 47.8 Å². The van der Waals surface area contributed by atoms with Gasteiger partial charge in [0.05, 0.1) is 40.7 Å². The lowest BCUT2D eigenvalue weighted by Gasteiger charge is -2.30. The minimum Gasteiger partial charge on any atom is -0.465 e. The number of amides is 1. The maximum absolute atomic E-state index is 11.5. The number of carbonyl (C=O) groups is 1. The Morgan fingerprint density at radius 2 is 1.95 bits per heavy atom. The molecule has 1 unspecified atom stereocenters. The molecule has 5 aromatic rings. The zero-order valence-corrected chi connectivity index (χ0v) is 27.1. The number of piperidine rings is 1. The molecule has 0 bridgehead atoms. The number of aryl methyl sites for hydroxylation is 1. The molecular formula is C31H36ClN7O4Si. The van der Waals surface area contributed by atoms with E-state index in [4.69, 9.17) is 26.1 Å². The maximum Gasteiger partial charge on any atom is 0.407 e. The van der Waals surface area contributed by atoms with E-state index in [-0.39, 0.29) is 6.04 Å². The first-order valence-corrected chi connectivity index (χ1v) is 18.8. The highest BCUT2D eigenvalue weighted by Crippen LogP contribution is 2.36. The molecule has 44 heavy (non-hydrogen) atoms. The van der Waals surface area contributed by atoms with Crippen molar-refractivity contribution in [3.63, 3.8) is 0 Å². The van der Waals surface area contributed by atoms with E-state index in [1.165, 1.54) is 4.90 Å². The van der Waals surface area contributed by atoms with Crippen LogP contribution >= 0.6 is 11.6 Å². The summed E-state index contributed by atoms with van der Waals surface area (Å²) in [4.78, 5) is 27.0. The summed E-state index contributed by atoms with van der Waals surface area (Å²) in [6.45, 7) is 11.1. The number of carboxylic acid groups (broad SMARTS) is 1. The summed E-state index contributed by atoms with van der Waals surface area (Å²) in [6, 6.07) is 10.5. The molecule has 1 aliphatic rings. The van der Waals surface area contributed by atoms with E-state index >= 15 is 0 Å². The molecule has 0 radical (unpaired) electrons. The van der Waals surface area contributed by atoms with Crippen LogP contribution in [0.4, 0.5) is 4.79 Å². The standard InChI is InChI=1S/C31H36ClN7O4Si/c1-20-35-24-8-7-23(14-27(24)38(20)19-42-12-13-44(2,3)4)43-28-10-9-25-30(29(28)32)36-26(16-33-25)21-15-34-39(17-21)22-6-5-11-37(18-22)31(40)41/h7-10,14-17,22H,5-6,11-13,18-19H2,1-4H3,(H,40,41). The fourth-order valence-electron chi connectivity index (χ4n) is 5.37. The number of ether oxygens (including phenoxy) is 2. The van der Waals surface area contributed by atoms with Crippen LogP contribution in [0.1, 0.15) is 24.7 Å². The minimum absolute atomic E-state index is 0.0280. The number of nitrogens with zero attached hydrogens (tertiary/aromatic N) is 7. The number of halogens is 1. The zero-order chi connectivity index (χ0) is 31.0. The third-order valence-corrected chi connectivity index (χ3v) is 9.98. The quantitative estimate of drug-likeness (QED) is 0.133. The molecule has 4 heterocycles. The SMILES string of the molecule is Cc1nc2ccc(Oc3ccc4ncc(-c5cnn(C6CCCN(C(=O)O)C6)c5)nc4c3Cl)cc2n1COCC[Si](C)(C)C. The molecule has 0 aliphatic carbocycles. The third kappa shape index (κ3) is 6.42. The first kappa shape index (κ1) is 30.0. The Morgan fingerprint density at radius 3 is 2.75 bits per heavy atom. The van der Waals surface area contributed by atoms with Crippen molar-refractivity contribution in [1.82, 2.24) is 34.2 Å². The van der Waals surface area contributed by atoms with Crippen LogP contribution in [-0.2, 0) is 11.5 Å². The van der Waals surface area contributed by atoms with Crippen LogP contribution in [0.15, 0.2) is 48.9 Å². The van der Waals surface area contributed by atoms with Crippen molar-refractivity contribution < 1.29 is 19.4 Å². The van der Waals surface area contributed by atoms with E-state index in [2.05, 4.69) is 39.3 Å². The minimum atomic E-state index is -1.17. The number of rotatable bonds is 9. The van der Waals surface area contributed by atoms with Crippen molar-refractivity contribution in [2.45, 2.75) is 58.2 Å². The average molecular weight is 634 g/mol. The highest BCUT2D eigenvalue weighted by atomic mass is 35.5. The summed E-state index contributed by atoms with van der Waals surface area (Å²) in [5.41, 5.74) is 4.34. The molecule has 230 valence electrons. The molecule has 1 N–H and O–H groups in total. The molecule has 3 aromatic heterocycles. The fraction of sp³-hybridized carbons (Fsp3) is 0.387. The maximum atomic E-state index is 11.5. The second-order valence-corrected chi connectivity index (χ2v) is 18.4. The largest absolute Gasteiger partial charge is 0.465 e. The molecule has 0 spiro atoms. The van der Waals surface area contributed by atoms with Crippen LogP contribution < -0.4 is 4.74 Å². The van der Waals surface area contributed by atoms with Gasteiger partial charge >= 0.3 is 6.09 Å². The molecular weight excluding hydrogens is 598 g/mol. The number of likely N-dealkylation sites (tertiary alicyclic amines) is 1. The van der Waals surface area contributed by atoms with Crippen LogP contribution in [0.5, 0.6) is 11.5 Å². The van der Waals surface area contributed by atoms with Crippen molar-refractivity contribution in [3.8, 4) is 22.8 Å². The van der Waals surface area contributed by atoms with Gasteiger partial charge < -0.3 is 24.0 Å². The first-order chi connectivity index (χ1) is 21.1. The molecule has 2 aromatic carbocycles. The molecule has 11 nitrogen and oxygen atoms in total. The van der Waals surface area contributed by atoms with Crippen LogP contribution in [-0.4, -0.2) is 73.2 Å². The average Bonchev–Trinajstić information content (AvgIpc) is 3.61. The van der Waals surface area contributed by atoms with E-state index in [0.29, 0.717) is 53.1 Å². The summed E-state index contributed by atoms with van der Waals surface area (Å²) >= 11 is 6.85. The van der Waals surface area contributed by atoms with Crippen molar-refractivity contribution in [3.05, 3.63) is 59.8 Å². The number of benzene rings is 2. The molecule has 13 heteroatoms. The van der Waals surface area contributed by atoms with Gasteiger partial charge in [0, 0.05) is 45.6 Å². The highest BCUT2D eigenvalue weighted by Gasteiger charge is 2.25. The van der Waals surface area contributed by atoms with Crippen molar-refractivity contribution in [1.29, 1.82) is 0 Å². The van der Waals surface area contributed by atoms with E-state index in [1.54, 1.807) is 18.5 Å². The van der Waals surface area contributed by atoms with Crippen LogP contribution in [0.2, 0.25) is 30.7 Å². The topological polar surface area (TPSA) is 120 Å². The number of aromatic nitrogens is 6. The fourth-order valence-corrected chi connectivity index (χ4v) is 6.37. The smallest absolute Gasteiger partial charge is 0.407 e. The van der Waals surface area contributed by atoms with Gasteiger partial charge in [-0.2, -0.15) is 5.10 Å². The molecule has 1 aliphatic heterocycles. The van der Waals surface area contributed by atoms with Crippen LogP contribution in [0.3, 0.4) is 0 Å². The molecule has 0 saturated carbocycles. The summed E-state index contributed by atoms with van der Waals surface area (Å²) in [5.74, 6) is 1.96. The van der Waals surface area contributed by atoms with Gasteiger partial charge in [-0.15, -0.1) is 0 Å². The lowest BCUT2D eigenvalue weighted by molar-refractivity contribution is 0.0885. The van der Waals surface area contributed by atoms with Gasteiger partial charge in [0.15, 0.2) is 0 Å². The Balaban J connectivity index is 1.22. The van der Waals surface area contributed by atoms with E-state index in [0.717, 1.165) is 47.9 Å². The second kappa shape index (κ2) is 12.2. The molecule has 1 fully saturated rings. The number of fused-ring (bicyclic) bond motifs is 2. The number of imidazole rings is 1.